The maximum Gasteiger partial charge on any atom is 0.339 e. The second-order valence-electron chi connectivity index (χ2n) is 8.48. The normalized spacial score (nSPS) is 13.8. The fourth-order valence-corrected chi connectivity index (χ4v) is 5.14. The van der Waals surface area contributed by atoms with Gasteiger partial charge in [0.05, 0.1) is 16.8 Å². The van der Waals surface area contributed by atoms with Crippen LogP contribution in [0.15, 0.2) is 51.4 Å². The van der Waals surface area contributed by atoms with Gasteiger partial charge in [0.2, 0.25) is 5.78 Å². The SMILES string of the molecule is Cn1c(N)c(C(=O)COC(=O)c2c3c(nc4ccccc24)C(=Cc2cccs2)CC3)c(=O)n(C)c1=O. The number of fused-ring (bicyclic) bond motifs is 2. The van der Waals surface area contributed by atoms with E-state index in [1.54, 1.807) is 17.4 Å². The molecule has 0 amide bonds. The average molecular weight is 503 g/mol. The molecule has 1 aliphatic carbocycles. The Morgan fingerprint density at radius 1 is 1.08 bits per heavy atom. The van der Waals surface area contributed by atoms with Crippen molar-refractivity contribution in [2.75, 3.05) is 12.3 Å². The summed E-state index contributed by atoms with van der Waals surface area (Å²) >= 11 is 1.62. The second kappa shape index (κ2) is 9.04. The Morgan fingerprint density at radius 3 is 2.61 bits per heavy atom. The number of nitrogen functional groups attached to an aromatic ring is 1. The summed E-state index contributed by atoms with van der Waals surface area (Å²) in [6, 6.07) is 11.3. The van der Waals surface area contributed by atoms with Crippen LogP contribution in [0.5, 0.6) is 0 Å². The van der Waals surface area contributed by atoms with Crippen molar-refractivity contribution >= 4 is 51.5 Å². The van der Waals surface area contributed by atoms with Crippen molar-refractivity contribution in [2.45, 2.75) is 12.8 Å². The van der Waals surface area contributed by atoms with E-state index in [1.165, 1.54) is 14.1 Å². The number of carbonyl (C=O) groups excluding carboxylic acids is 2. The van der Waals surface area contributed by atoms with Crippen LogP contribution < -0.4 is 17.0 Å². The van der Waals surface area contributed by atoms with Gasteiger partial charge >= 0.3 is 11.7 Å². The molecule has 0 fully saturated rings. The summed E-state index contributed by atoms with van der Waals surface area (Å²) < 4.78 is 7.20. The van der Waals surface area contributed by atoms with Gasteiger partial charge in [-0.15, -0.1) is 11.3 Å². The molecular weight excluding hydrogens is 480 g/mol. The van der Waals surface area contributed by atoms with Crippen LogP contribution in [0.4, 0.5) is 5.82 Å². The van der Waals surface area contributed by atoms with Gasteiger partial charge in [0.25, 0.3) is 5.56 Å². The van der Waals surface area contributed by atoms with Gasteiger partial charge in [-0.2, -0.15) is 0 Å². The molecule has 182 valence electrons. The van der Waals surface area contributed by atoms with Gasteiger partial charge in [-0.25, -0.2) is 14.6 Å². The molecule has 0 radical (unpaired) electrons. The van der Waals surface area contributed by atoms with E-state index >= 15 is 0 Å². The minimum Gasteiger partial charge on any atom is -0.454 e. The number of pyridine rings is 1. The van der Waals surface area contributed by atoms with E-state index in [-0.39, 0.29) is 5.82 Å². The zero-order valence-electron chi connectivity index (χ0n) is 19.6. The number of benzene rings is 1. The number of ether oxygens (including phenoxy) is 1. The monoisotopic (exact) mass is 502 g/mol. The third kappa shape index (κ3) is 3.85. The lowest BCUT2D eigenvalue weighted by molar-refractivity contribution is 0.0475. The Morgan fingerprint density at radius 2 is 1.86 bits per heavy atom. The molecule has 0 saturated heterocycles. The standard InChI is InChI=1S/C26H22N4O5S/c1-29-23(27)21(24(32)30(2)26(29)34)19(31)13-35-25(33)20-16-7-3-4-8-18(16)28-22-14(9-10-17(20)22)12-15-6-5-11-36-15/h3-8,11-12H,9-10,13,27H2,1-2H3. The van der Waals surface area contributed by atoms with Crippen LogP contribution >= 0.6 is 11.3 Å². The quantitative estimate of drug-likeness (QED) is 0.328. The molecule has 0 saturated carbocycles. The van der Waals surface area contributed by atoms with E-state index in [9.17, 15) is 19.2 Å². The minimum atomic E-state index is -0.838. The third-order valence-corrected chi connectivity index (χ3v) is 7.15. The average Bonchev–Trinajstić information content (AvgIpc) is 3.54. The first-order valence-electron chi connectivity index (χ1n) is 11.2. The van der Waals surface area contributed by atoms with Crippen molar-refractivity contribution in [1.29, 1.82) is 0 Å². The molecule has 36 heavy (non-hydrogen) atoms. The topological polar surface area (TPSA) is 126 Å². The van der Waals surface area contributed by atoms with Gasteiger partial charge in [0.15, 0.2) is 6.61 Å². The Kier molecular flexibility index (Phi) is 5.89. The largest absolute Gasteiger partial charge is 0.454 e. The molecule has 0 aliphatic heterocycles. The number of ketones is 1. The number of aromatic nitrogens is 3. The maximum atomic E-state index is 13.3. The number of hydrogen-bond acceptors (Lipinski definition) is 8. The fourth-order valence-electron chi connectivity index (χ4n) is 4.45. The highest BCUT2D eigenvalue weighted by molar-refractivity contribution is 7.10. The zero-order chi connectivity index (χ0) is 25.6. The van der Waals surface area contributed by atoms with E-state index in [0.717, 1.165) is 37.3 Å². The van der Waals surface area contributed by atoms with Crippen LogP contribution in [0.1, 0.15) is 43.3 Å². The van der Waals surface area contributed by atoms with Gasteiger partial charge in [-0.1, -0.05) is 24.3 Å². The van der Waals surface area contributed by atoms with E-state index < -0.39 is 35.2 Å². The molecule has 0 atom stereocenters. The molecule has 9 nitrogen and oxygen atoms in total. The van der Waals surface area contributed by atoms with Crippen LogP contribution in [-0.2, 0) is 25.3 Å². The maximum absolute atomic E-state index is 13.3. The van der Waals surface area contributed by atoms with Crippen LogP contribution in [0.3, 0.4) is 0 Å². The predicted molar refractivity (Wildman–Crippen MR) is 138 cm³/mol. The lowest BCUT2D eigenvalue weighted by atomic mass is 10.0. The number of nitrogens with two attached hydrogens (primary N) is 1. The number of thiophene rings is 1. The van der Waals surface area contributed by atoms with Crippen LogP contribution in [0.2, 0.25) is 0 Å². The summed E-state index contributed by atoms with van der Waals surface area (Å²) in [7, 11) is 2.61. The van der Waals surface area contributed by atoms with Gasteiger partial charge in [0.1, 0.15) is 11.4 Å². The van der Waals surface area contributed by atoms with Crippen molar-refractivity contribution in [2.24, 2.45) is 14.1 Å². The molecule has 2 N–H and O–H groups in total. The van der Waals surface area contributed by atoms with Crippen molar-refractivity contribution in [3.05, 3.63) is 89.9 Å². The first-order chi connectivity index (χ1) is 17.3. The van der Waals surface area contributed by atoms with Gasteiger partial charge in [0, 0.05) is 24.4 Å². The summed E-state index contributed by atoms with van der Waals surface area (Å²) in [6.07, 6.45) is 3.41. The molecule has 3 aromatic heterocycles. The Balaban J connectivity index is 1.51. The number of carbonyl (C=O) groups is 2. The summed E-state index contributed by atoms with van der Waals surface area (Å²) in [5.74, 6) is -1.75. The molecule has 1 aliphatic rings. The van der Waals surface area contributed by atoms with E-state index in [4.69, 9.17) is 15.5 Å². The van der Waals surface area contributed by atoms with E-state index in [0.29, 0.717) is 22.9 Å². The molecule has 1 aromatic carbocycles. The minimum absolute atomic E-state index is 0.275. The smallest absolute Gasteiger partial charge is 0.339 e. The number of esters is 1. The molecule has 4 aromatic rings. The molecule has 5 rings (SSSR count). The number of Topliss-reactive ketones (excluding diaryl/α,β-unsaturated/α-hetero) is 1. The second-order valence-corrected chi connectivity index (χ2v) is 9.46. The lowest BCUT2D eigenvalue weighted by Crippen LogP contribution is -2.42. The lowest BCUT2D eigenvalue weighted by Gasteiger charge is -2.13. The van der Waals surface area contributed by atoms with E-state index in [1.807, 2.05) is 35.7 Å². The highest BCUT2D eigenvalue weighted by atomic mass is 32.1. The van der Waals surface area contributed by atoms with Crippen molar-refractivity contribution in [3.8, 4) is 0 Å². The predicted octanol–water partition coefficient (Wildman–Crippen LogP) is 2.80. The first-order valence-corrected chi connectivity index (χ1v) is 12.1. The van der Waals surface area contributed by atoms with Gasteiger partial charge in [-0.05, 0) is 47.6 Å². The number of anilines is 1. The Bertz CT molecular complexity index is 1700. The zero-order valence-corrected chi connectivity index (χ0v) is 20.4. The number of rotatable bonds is 5. The van der Waals surface area contributed by atoms with E-state index in [2.05, 4.69) is 6.08 Å². The van der Waals surface area contributed by atoms with Crippen LogP contribution in [0.25, 0.3) is 22.6 Å². The highest BCUT2D eigenvalue weighted by Gasteiger charge is 2.29. The molecule has 10 heteroatoms. The van der Waals surface area contributed by atoms with Crippen LogP contribution in [0, 0.1) is 0 Å². The molecular formula is C26H22N4O5S. The summed E-state index contributed by atoms with van der Waals surface area (Å²) in [5.41, 5.74) is 7.53. The summed E-state index contributed by atoms with van der Waals surface area (Å²) in [4.78, 5) is 56.7. The fraction of sp³-hybridized carbons (Fsp3) is 0.192. The summed E-state index contributed by atoms with van der Waals surface area (Å²) in [6.45, 7) is -0.695. The summed E-state index contributed by atoms with van der Waals surface area (Å²) in [5, 5.41) is 2.63. The Labute approximate surface area is 209 Å². The van der Waals surface area contributed by atoms with Crippen molar-refractivity contribution in [3.63, 3.8) is 0 Å². The van der Waals surface area contributed by atoms with Gasteiger partial charge in [-0.3, -0.25) is 18.7 Å². The molecule has 3 heterocycles. The van der Waals surface area contributed by atoms with Crippen LogP contribution in [-0.4, -0.2) is 32.5 Å². The van der Waals surface area contributed by atoms with Gasteiger partial charge < -0.3 is 10.5 Å². The number of hydrogen-bond donors (Lipinski definition) is 1. The van der Waals surface area contributed by atoms with Crippen molar-refractivity contribution < 1.29 is 14.3 Å². The van der Waals surface area contributed by atoms with Crippen molar-refractivity contribution in [1.82, 2.24) is 14.1 Å². The number of allylic oxidation sites excluding steroid dienone is 1. The third-order valence-electron chi connectivity index (χ3n) is 6.33. The highest BCUT2D eigenvalue weighted by Crippen LogP contribution is 2.38. The first kappa shape index (κ1) is 23.4. The Hall–Kier alpha value is -4.31. The molecule has 0 bridgehead atoms. The molecule has 0 spiro atoms. The number of nitrogens with zero attached hydrogens (tertiary/aromatic N) is 3. The number of para-hydroxylation sites is 1. The molecule has 0 unspecified atom stereocenters.